The van der Waals surface area contributed by atoms with Crippen LogP contribution >= 0.6 is 12.4 Å². The fourth-order valence-corrected chi connectivity index (χ4v) is 1.12. The Morgan fingerprint density at radius 3 is 2.15 bits per heavy atom. The predicted octanol–water partition coefficient (Wildman–Crippen LogP) is -2.83. The SMILES string of the molecule is Cl.NC1C(O)C(O)C(CO)O[13CH]1O. The highest BCUT2D eigenvalue weighted by atomic mass is 35.5. The van der Waals surface area contributed by atoms with E-state index in [0.717, 1.165) is 0 Å². The molecule has 6 nitrogen and oxygen atoms in total. The molecule has 1 saturated heterocycles. The van der Waals surface area contributed by atoms with Crippen LogP contribution in [0.15, 0.2) is 0 Å². The molecule has 0 aromatic heterocycles. The molecule has 0 saturated carbocycles. The van der Waals surface area contributed by atoms with Crippen LogP contribution in [0.3, 0.4) is 0 Å². The van der Waals surface area contributed by atoms with E-state index in [-0.39, 0.29) is 12.4 Å². The number of rotatable bonds is 1. The molecule has 13 heavy (non-hydrogen) atoms. The number of ether oxygens (including phenoxy) is 1. The van der Waals surface area contributed by atoms with Gasteiger partial charge in [-0.3, -0.25) is 0 Å². The van der Waals surface area contributed by atoms with Crippen LogP contribution in [-0.2, 0) is 4.74 Å². The maximum absolute atomic E-state index is 9.20. The summed E-state index contributed by atoms with van der Waals surface area (Å²) in [4.78, 5) is 0. The van der Waals surface area contributed by atoms with Gasteiger partial charge < -0.3 is 30.9 Å². The fourth-order valence-electron chi connectivity index (χ4n) is 1.12. The van der Waals surface area contributed by atoms with Gasteiger partial charge in [-0.15, -0.1) is 12.4 Å². The first-order valence-electron chi connectivity index (χ1n) is 3.64. The monoisotopic (exact) mass is 216 g/mol. The molecule has 1 fully saturated rings. The highest BCUT2D eigenvalue weighted by Crippen LogP contribution is 2.17. The molecule has 0 bridgehead atoms. The number of hydrogen-bond acceptors (Lipinski definition) is 6. The molecule has 1 heterocycles. The van der Waals surface area contributed by atoms with Gasteiger partial charge in [0, 0.05) is 0 Å². The van der Waals surface area contributed by atoms with Crippen LogP contribution in [-0.4, -0.2) is 57.7 Å². The minimum Gasteiger partial charge on any atom is -0.394 e. The van der Waals surface area contributed by atoms with Crippen LogP contribution in [0.25, 0.3) is 0 Å². The van der Waals surface area contributed by atoms with Gasteiger partial charge in [0.25, 0.3) is 0 Å². The van der Waals surface area contributed by atoms with Crippen molar-refractivity contribution in [1.29, 1.82) is 0 Å². The van der Waals surface area contributed by atoms with Crippen LogP contribution < -0.4 is 5.73 Å². The Labute approximate surface area is 81.3 Å². The van der Waals surface area contributed by atoms with E-state index in [0.29, 0.717) is 0 Å². The summed E-state index contributed by atoms with van der Waals surface area (Å²) in [7, 11) is 0. The molecule has 6 N–H and O–H groups in total. The molecule has 1 aliphatic heterocycles. The molecular formula is C6H14ClNO5. The van der Waals surface area contributed by atoms with Crippen LogP contribution in [0.4, 0.5) is 0 Å². The molecule has 0 aromatic rings. The van der Waals surface area contributed by atoms with E-state index >= 15 is 0 Å². The third kappa shape index (κ3) is 2.50. The maximum Gasteiger partial charge on any atom is 0.173 e. The molecule has 1 rings (SSSR count). The van der Waals surface area contributed by atoms with Gasteiger partial charge in [-0.1, -0.05) is 0 Å². The van der Waals surface area contributed by atoms with E-state index in [1.165, 1.54) is 0 Å². The third-order valence-electron chi connectivity index (χ3n) is 1.95. The van der Waals surface area contributed by atoms with E-state index in [4.69, 9.17) is 20.7 Å². The minimum atomic E-state index is -1.35. The minimum absolute atomic E-state index is 0. The Kier molecular flexibility index (Phi) is 5.08. The van der Waals surface area contributed by atoms with Crippen molar-refractivity contribution in [2.75, 3.05) is 6.61 Å². The Hall–Kier alpha value is 0.0500. The number of hydrogen-bond donors (Lipinski definition) is 5. The molecular weight excluding hydrogens is 203 g/mol. The second-order valence-electron chi connectivity index (χ2n) is 2.81. The Balaban J connectivity index is 0.00000144. The van der Waals surface area contributed by atoms with Crippen molar-refractivity contribution >= 4 is 12.4 Å². The van der Waals surface area contributed by atoms with Gasteiger partial charge in [0.1, 0.15) is 18.3 Å². The van der Waals surface area contributed by atoms with Gasteiger partial charge in [0.15, 0.2) is 6.29 Å². The molecule has 7 heteroatoms. The number of aliphatic hydroxyl groups excluding tert-OH is 4. The molecule has 80 valence electrons. The molecule has 5 unspecified atom stereocenters. The number of nitrogens with two attached hydrogens (primary N) is 1. The van der Waals surface area contributed by atoms with E-state index in [2.05, 4.69) is 0 Å². The van der Waals surface area contributed by atoms with E-state index in [1.54, 1.807) is 0 Å². The molecule has 1 aliphatic rings. The zero-order chi connectivity index (χ0) is 9.30. The van der Waals surface area contributed by atoms with Crippen molar-refractivity contribution < 1.29 is 25.2 Å². The Morgan fingerprint density at radius 2 is 1.69 bits per heavy atom. The largest absolute Gasteiger partial charge is 0.394 e. The first kappa shape index (κ1) is 13.1. The van der Waals surface area contributed by atoms with E-state index in [1.807, 2.05) is 0 Å². The van der Waals surface area contributed by atoms with Gasteiger partial charge in [-0.05, 0) is 0 Å². The average Bonchev–Trinajstić information content (AvgIpc) is 2.08. The zero-order valence-corrected chi connectivity index (χ0v) is 7.59. The summed E-state index contributed by atoms with van der Waals surface area (Å²) in [6, 6.07) is -1.04. The summed E-state index contributed by atoms with van der Waals surface area (Å²) in [6.07, 6.45) is -4.85. The van der Waals surface area contributed by atoms with Crippen molar-refractivity contribution in [3.63, 3.8) is 0 Å². The molecule has 0 aromatic carbocycles. The number of aliphatic hydroxyl groups is 4. The standard InChI is InChI=1S/C6H13NO5.ClH/c7-3-5(10)4(9)2(1-8)12-6(3)11;/h2-6,8-11H,1,7H2;1H/i6+1;. The van der Waals surface area contributed by atoms with Gasteiger partial charge >= 0.3 is 0 Å². The molecule has 0 amide bonds. The van der Waals surface area contributed by atoms with Gasteiger partial charge in [0.05, 0.1) is 12.6 Å². The van der Waals surface area contributed by atoms with Crippen molar-refractivity contribution in [3.8, 4) is 0 Å². The summed E-state index contributed by atoms with van der Waals surface area (Å²) in [6.45, 7) is -0.470. The van der Waals surface area contributed by atoms with E-state index < -0.39 is 37.3 Å². The van der Waals surface area contributed by atoms with Crippen LogP contribution in [0.1, 0.15) is 0 Å². The Morgan fingerprint density at radius 1 is 1.15 bits per heavy atom. The highest BCUT2D eigenvalue weighted by Gasteiger charge is 2.41. The zero-order valence-electron chi connectivity index (χ0n) is 6.78. The van der Waals surface area contributed by atoms with Crippen LogP contribution in [0, 0.1) is 0 Å². The average molecular weight is 217 g/mol. The lowest BCUT2D eigenvalue weighted by Gasteiger charge is -2.38. The summed E-state index contributed by atoms with van der Waals surface area (Å²) in [5.41, 5.74) is 5.26. The van der Waals surface area contributed by atoms with Crippen molar-refractivity contribution in [1.82, 2.24) is 0 Å². The lowest BCUT2D eigenvalue weighted by Crippen LogP contribution is -2.61. The smallest absolute Gasteiger partial charge is 0.173 e. The quantitative estimate of drug-likeness (QED) is 0.302. The summed E-state index contributed by atoms with van der Waals surface area (Å²) in [5.74, 6) is 0. The summed E-state index contributed by atoms with van der Waals surface area (Å²) < 4.78 is 4.70. The molecule has 0 spiro atoms. The molecule has 0 radical (unpaired) electrons. The highest BCUT2D eigenvalue weighted by molar-refractivity contribution is 5.85. The second kappa shape index (κ2) is 5.06. The first-order valence-corrected chi connectivity index (χ1v) is 3.64. The summed E-state index contributed by atoms with van der Waals surface area (Å²) >= 11 is 0. The van der Waals surface area contributed by atoms with Gasteiger partial charge in [0.2, 0.25) is 0 Å². The van der Waals surface area contributed by atoms with Crippen LogP contribution in [0.5, 0.6) is 0 Å². The maximum atomic E-state index is 9.20. The first-order chi connectivity index (χ1) is 5.57. The third-order valence-corrected chi connectivity index (χ3v) is 1.95. The normalized spacial score (nSPS) is 45.5. The van der Waals surface area contributed by atoms with Crippen LogP contribution in [0.2, 0.25) is 0 Å². The molecule has 0 aliphatic carbocycles. The topological polar surface area (TPSA) is 116 Å². The number of halogens is 1. The second-order valence-corrected chi connectivity index (χ2v) is 2.81. The van der Waals surface area contributed by atoms with E-state index in [9.17, 15) is 10.2 Å². The fraction of sp³-hybridized carbons (Fsp3) is 1.00. The lowest BCUT2D eigenvalue weighted by molar-refractivity contribution is -0.248. The van der Waals surface area contributed by atoms with Gasteiger partial charge in [-0.2, -0.15) is 0 Å². The van der Waals surface area contributed by atoms with Gasteiger partial charge in [-0.25, -0.2) is 0 Å². The van der Waals surface area contributed by atoms with Crippen molar-refractivity contribution in [2.24, 2.45) is 5.73 Å². The molecule has 5 atom stereocenters. The Bertz CT molecular complexity index is 155. The van der Waals surface area contributed by atoms with Crippen molar-refractivity contribution in [2.45, 2.75) is 30.6 Å². The predicted molar refractivity (Wildman–Crippen MR) is 45.2 cm³/mol. The summed E-state index contributed by atoms with van der Waals surface area (Å²) in [5, 5.41) is 36.1. The van der Waals surface area contributed by atoms with Crippen molar-refractivity contribution in [3.05, 3.63) is 0 Å². The lowest BCUT2D eigenvalue weighted by atomic mass is 10.0.